The van der Waals surface area contributed by atoms with Gasteiger partial charge in [-0.1, -0.05) is 27.5 Å². The van der Waals surface area contributed by atoms with E-state index in [0.717, 1.165) is 15.8 Å². The molecule has 0 aliphatic rings. The number of ether oxygens (including phenoxy) is 1. The van der Waals surface area contributed by atoms with Crippen molar-refractivity contribution in [3.05, 3.63) is 26.5 Å². The summed E-state index contributed by atoms with van der Waals surface area (Å²) in [6, 6.07) is 3.42. The second-order valence-electron chi connectivity index (χ2n) is 3.04. The van der Waals surface area contributed by atoms with Gasteiger partial charge in [0.1, 0.15) is 5.75 Å². The first kappa shape index (κ1) is 11.7. The smallest absolute Gasteiger partial charge is 0.351 e. The number of carbonyl (C=O) groups excluding carboxylic acids is 1. The van der Waals surface area contributed by atoms with Crippen molar-refractivity contribution in [3.8, 4) is 5.75 Å². The number of benzene rings is 1. The minimum Gasteiger partial charge on any atom is -0.505 e. The summed E-state index contributed by atoms with van der Waals surface area (Å²) in [7, 11) is 1.27. The van der Waals surface area contributed by atoms with Gasteiger partial charge < -0.3 is 9.84 Å². The molecule has 84 valence electrons. The molecule has 1 N–H and O–H groups in total. The Labute approximate surface area is 109 Å². The highest BCUT2D eigenvalue weighted by atomic mass is 79.9. The highest BCUT2D eigenvalue weighted by Crippen LogP contribution is 2.42. The van der Waals surface area contributed by atoms with Crippen LogP contribution in [0.4, 0.5) is 0 Å². The molecule has 3 nitrogen and oxygen atoms in total. The number of rotatable bonds is 1. The third kappa shape index (κ3) is 1.79. The number of fused-ring (bicyclic) bond motifs is 1. The van der Waals surface area contributed by atoms with Crippen LogP contribution >= 0.6 is 38.9 Å². The van der Waals surface area contributed by atoms with Gasteiger partial charge in [0.05, 0.1) is 16.8 Å². The van der Waals surface area contributed by atoms with E-state index in [1.807, 2.05) is 0 Å². The number of hydrogen-bond acceptors (Lipinski definition) is 4. The third-order valence-electron chi connectivity index (χ3n) is 2.05. The Balaban J connectivity index is 2.77. The SMILES string of the molecule is COC(=O)c1sc2c(Cl)cc(Br)cc2c1O. The van der Waals surface area contributed by atoms with E-state index < -0.39 is 5.97 Å². The van der Waals surface area contributed by atoms with Crippen LogP contribution in [0.2, 0.25) is 5.02 Å². The van der Waals surface area contributed by atoms with Crippen LogP contribution in [0.5, 0.6) is 5.75 Å². The average molecular weight is 322 g/mol. The molecular formula is C10H6BrClO3S. The van der Waals surface area contributed by atoms with Gasteiger partial charge in [-0.05, 0) is 12.1 Å². The summed E-state index contributed by atoms with van der Waals surface area (Å²) >= 11 is 10.4. The summed E-state index contributed by atoms with van der Waals surface area (Å²) in [5.74, 6) is -0.652. The molecule has 2 aromatic rings. The van der Waals surface area contributed by atoms with Crippen LogP contribution in [0, 0.1) is 0 Å². The molecule has 0 bridgehead atoms. The minimum absolute atomic E-state index is 0.0879. The Bertz CT molecular complexity index is 579. The van der Waals surface area contributed by atoms with Gasteiger partial charge in [0.25, 0.3) is 0 Å². The first-order valence-corrected chi connectivity index (χ1v) is 6.22. The Hall–Kier alpha value is -0.780. The molecule has 0 aliphatic carbocycles. The van der Waals surface area contributed by atoms with E-state index in [-0.39, 0.29) is 10.6 Å². The predicted octanol–water partition coefficient (Wildman–Crippen LogP) is 3.81. The number of esters is 1. The Morgan fingerprint density at radius 1 is 1.56 bits per heavy atom. The fraction of sp³-hybridized carbons (Fsp3) is 0.100. The fourth-order valence-electron chi connectivity index (χ4n) is 1.34. The van der Waals surface area contributed by atoms with Gasteiger partial charge in [0.2, 0.25) is 0 Å². The zero-order chi connectivity index (χ0) is 11.9. The van der Waals surface area contributed by atoms with Crippen molar-refractivity contribution in [3.63, 3.8) is 0 Å². The van der Waals surface area contributed by atoms with Crippen LogP contribution in [0.25, 0.3) is 10.1 Å². The van der Waals surface area contributed by atoms with Gasteiger partial charge in [0, 0.05) is 9.86 Å². The number of carbonyl (C=O) groups is 1. The topological polar surface area (TPSA) is 46.5 Å². The Morgan fingerprint density at radius 2 is 2.25 bits per heavy atom. The average Bonchev–Trinajstić information content (AvgIpc) is 2.56. The van der Waals surface area contributed by atoms with E-state index in [1.165, 1.54) is 7.11 Å². The monoisotopic (exact) mass is 320 g/mol. The van der Waals surface area contributed by atoms with Crippen molar-refractivity contribution < 1.29 is 14.6 Å². The molecule has 0 spiro atoms. The van der Waals surface area contributed by atoms with Crippen molar-refractivity contribution in [1.82, 2.24) is 0 Å². The lowest BCUT2D eigenvalue weighted by Crippen LogP contribution is -1.97. The largest absolute Gasteiger partial charge is 0.505 e. The van der Waals surface area contributed by atoms with E-state index in [4.69, 9.17) is 11.6 Å². The van der Waals surface area contributed by atoms with Crippen LogP contribution in [0.3, 0.4) is 0 Å². The van der Waals surface area contributed by atoms with Crippen molar-refractivity contribution in [2.45, 2.75) is 0 Å². The number of aromatic hydroxyl groups is 1. The second kappa shape index (κ2) is 4.24. The highest BCUT2D eigenvalue weighted by Gasteiger charge is 2.20. The molecule has 16 heavy (non-hydrogen) atoms. The van der Waals surface area contributed by atoms with Gasteiger partial charge in [0.15, 0.2) is 4.88 Å². The van der Waals surface area contributed by atoms with Gasteiger partial charge in [-0.25, -0.2) is 4.79 Å². The number of methoxy groups -OCH3 is 1. The van der Waals surface area contributed by atoms with Crippen LogP contribution < -0.4 is 0 Å². The Morgan fingerprint density at radius 3 is 2.88 bits per heavy atom. The summed E-state index contributed by atoms with van der Waals surface area (Å²) in [6.45, 7) is 0. The normalized spacial score (nSPS) is 10.7. The van der Waals surface area contributed by atoms with Crippen molar-refractivity contribution >= 4 is 54.9 Å². The van der Waals surface area contributed by atoms with Crippen molar-refractivity contribution in [2.24, 2.45) is 0 Å². The van der Waals surface area contributed by atoms with E-state index >= 15 is 0 Å². The van der Waals surface area contributed by atoms with Crippen LogP contribution in [-0.4, -0.2) is 18.2 Å². The van der Waals surface area contributed by atoms with Gasteiger partial charge >= 0.3 is 5.97 Å². The number of hydrogen-bond donors (Lipinski definition) is 1. The summed E-state index contributed by atoms with van der Waals surface area (Å²) in [5.41, 5.74) is 0. The van der Waals surface area contributed by atoms with Crippen LogP contribution in [0.15, 0.2) is 16.6 Å². The lowest BCUT2D eigenvalue weighted by Gasteiger charge is -1.96. The maximum Gasteiger partial charge on any atom is 0.351 e. The second-order valence-corrected chi connectivity index (χ2v) is 5.38. The lowest BCUT2D eigenvalue weighted by atomic mass is 10.2. The zero-order valence-corrected chi connectivity index (χ0v) is 11.2. The molecular weight excluding hydrogens is 316 g/mol. The first-order chi connectivity index (χ1) is 7.54. The predicted molar refractivity (Wildman–Crippen MR) is 67.5 cm³/mol. The molecule has 0 amide bonds. The number of thiophene rings is 1. The number of halogens is 2. The molecule has 1 aromatic heterocycles. The summed E-state index contributed by atoms with van der Waals surface area (Å²) in [5, 5.41) is 10.9. The summed E-state index contributed by atoms with van der Waals surface area (Å²) in [6.07, 6.45) is 0. The molecule has 0 aliphatic heterocycles. The minimum atomic E-state index is -0.564. The molecule has 0 radical (unpaired) electrons. The standard InChI is InChI=1S/C10H6BrClO3S/c1-15-10(14)9-7(13)5-2-4(11)3-6(12)8(5)16-9/h2-3,13H,1H3. The molecule has 0 atom stereocenters. The van der Waals surface area contributed by atoms with Crippen LogP contribution in [0.1, 0.15) is 9.67 Å². The maximum absolute atomic E-state index is 11.4. The summed E-state index contributed by atoms with van der Waals surface area (Å²) < 4.78 is 5.99. The Kier molecular flexibility index (Phi) is 3.10. The van der Waals surface area contributed by atoms with Crippen LogP contribution in [-0.2, 0) is 4.74 Å². The molecule has 1 aromatic carbocycles. The van der Waals surface area contributed by atoms with Gasteiger partial charge in [-0.2, -0.15) is 0 Å². The summed E-state index contributed by atoms with van der Waals surface area (Å²) in [4.78, 5) is 11.5. The third-order valence-corrected chi connectivity index (χ3v) is 4.13. The fourth-order valence-corrected chi connectivity index (χ4v) is 3.27. The molecule has 0 fully saturated rings. The van der Waals surface area contributed by atoms with Crippen molar-refractivity contribution in [1.29, 1.82) is 0 Å². The van der Waals surface area contributed by atoms with E-state index in [1.54, 1.807) is 12.1 Å². The van der Waals surface area contributed by atoms with Gasteiger partial charge in [-0.15, -0.1) is 11.3 Å². The highest BCUT2D eigenvalue weighted by molar-refractivity contribution is 9.10. The van der Waals surface area contributed by atoms with E-state index in [2.05, 4.69) is 20.7 Å². The molecule has 2 rings (SSSR count). The molecule has 0 saturated carbocycles. The quantitative estimate of drug-likeness (QED) is 0.812. The molecule has 6 heteroatoms. The van der Waals surface area contributed by atoms with E-state index in [0.29, 0.717) is 15.1 Å². The zero-order valence-electron chi connectivity index (χ0n) is 8.08. The van der Waals surface area contributed by atoms with Crippen molar-refractivity contribution in [2.75, 3.05) is 7.11 Å². The molecule has 0 unspecified atom stereocenters. The lowest BCUT2D eigenvalue weighted by molar-refractivity contribution is 0.0603. The maximum atomic E-state index is 11.4. The van der Waals surface area contributed by atoms with E-state index in [9.17, 15) is 9.90 Å². The first-order valence-electron chi connectivity index (χ1n) is 4.23. The molecule has 0 saturated heterocycles. The molecule has 1 heterocycles. The van der Waals surface area contributed by atoms with Gasteiger partial charge in [-0.3, -0.25) is 0 Å².